The van der Waals surface area contributed by atoms with Crippen LogP contribution in [0, 0.1) is 10.1 Å². The number of nitrogens with one attached hydrogen (secondary N) is 1. The third-order valence-electron chi connectivity index (χ3n) is 3.97. The van der Waals surface area contributed by atoms with Crippen LogP contribution in [-0.4, -0.2) is 43.3 Å². The summed E-state index contributed by atoms with van der Waals surface area (Å²) in [5.74, 6) is -0.506. The summed E-state index contributed by atoms with van der Waals surface area (Å²) >= 11 is 0. The van der Waals surface area contributed by atoms with Gasteiger partial charge in [0, 0.05) is 24.7 Å². The molecule has 26 heavy (non-hydrogen) atoms. The Labute approximate surface area is 150 Å². The molecule has 1 amide bonds. The van der Waals surface area contributed by atoms with Gasteiger partial charge < -0.3 is 9.64 Å². The molecule has 0 aliphatic carbocycles. The molecule has 2 aromatic rings. The molecule has 134 valence electrons. The minimum absolute atomic E-state index is 0.105. The molecule has 1 saturated heterocycles. The highest BCUT2D eigenvalue weighted by Crippen LogP contribution is 2.29. The molecule has 0 bridgehead atoms. The molecule has 8 nitrogen and oxygen atoms in total. The largest absolute Gasteiger partial charge is 0.378 e. The van der Waals surface area contributed by atoms with E-state index in [9.17, 15) is 14.9 Å². The van der Waals surface area contributed by atoms with E-state index in [0.717, 1.165) is 5.56 Å². The highest BCUT2D eigenvalue weighted by atomic mass is 16.6. The Bertz CT molecular complexity index is 817. The lowest BCUT2D eigenvalue weighted by Crippen LogP contribution is -2.36. The van der Waals surface area contributed by atoms with Crippen molar-refractivity contribution in [3.05, 3.63) is 69.8 Å². The number of nitro benzene ring substituents is 1. The van der Waals surface area contributed by atoms with Gasteiger partial charge >= 0.3 is 0 Å². The molecule has 1 aliphatic rings. The normalized spacial score (nSPS) is 14.4. The van der Waals surface area contributed by atoms with Gasteiger partial charge in [-0.05, 0) is 17.7 Å². The zero-order valence-corrected chi connectivity index (χ0v) is 14.0. The topological polar surface area (TPSA) is 97.1 Å². The molecule has 1 fully saturated rings. The summed E-state index contributed by atoms with van der Waals surface area (Å²) in [5, 5.41) is 15.3. The number of hydrogen-bond acceptors (Lipinski definition) is 6. The van der Waals surface area contributed by atoms with Crippen molar-refractivity contribution in [2.45, 2.75) is 0 Å². The van der Waals surface area contributed by atoms with Crippen LogP contribution in [0.4, 0.5) is 11.4 Å². The Balaban J connectivity index is 1.75. The molecule has 0 saturated carbocycles. The van der Waals surface area contributed by atoms with Crippen molar-refractivity contribution in [2.75, 3.05) is 31.2 Å². The average Bonchev–Trinajstić information content (AvgIpc) is 2.69. The van der Waals surface area contributed by atoms with Crippen molar-refractivity contribution in [1.82, 2.24) is 5.43 Å². The van der Waals surface area contributed by atoms with Crippen LogP contribution in [0.3, 0.4) is 0 Å². The minimum atomic E-state index is -0.506. The zero-order chi connectivity index (χ0) is 18.4. The summed E-state index contributed by atoms with van der Waals surface area (Å²) in [6, 6.07) is 13.7. The van der Waals surface area contributed by atoms with Crippen LogP contribution in [-0.2, 0) is 4.74 Å². The summed E-state index contributed by atoms with van der Waals surface area (Å²) < 4.78 is 5.27. The average molecular weight is 354 g/mol. The predicted molar refractivity (Wildman–Crippen MR) is 97.6 cm³/mol. The second-order valence-electron chi connectivity index (χ2n) is 5.67. The summed E-state index contributed by atoms with van der Waals surface area (Å²) in [4.78, 5) is 25.0. The molecule has 1 N–H and O–H groups in total. The number of nitrogens with zero attached hydrogens (tertiary/aromatic N) is 3. The Morgan fingerprint density at radius 3 is 2.62 bits per heavy atom. The molecule has 0 spiro atoms. The summed E-state index contributed by atoms with van der Waals surface area (Å²) in [6.45, 7) is 2.20. The van der Waals surface area contributed by atoms with Crippen LogP contribution in [0.1, 0.15) is 15.9 Å². The fourth-order valence-electron chi connectivity index (χ4n) is 2.65. The van der Waals surface area contributed by atoms with E-state index in [0.29, 0.717) is 32.0 Å². The van der Waals surface area contributed by atoms with Crippen LogP contribution in [0.2, 0.25) is 0 Å². The lowest BCUT2D eigenvalue weighted by molar-refractivity contribution is -0.384. The maximum atomic E-state index is 12.2. The first kappa shape index (κ1) is 17.6. The highest BCUT2D eigenvalue weighted by Gasteiger charge is 2.23. The van der Waals surface area contributed by atoms with Crippen LogP contribution in [0.15, 0.2) is 53.6 Å². The lowest BCUT2D eigenvalue weighted by Gasteiger charge is -2.28. The molecule has 1 aliphatic heterocycles. The number of amides is 1. The van der Waals surface area contributed by atoms with E-state index in [-0.39, 0.29) is 11.3 Å². The van der Waals surface area contributed by atoms with E-state index in [1.807, 2.05) is 35.2 Å². The smallest absolute Gasteiger partial charge is 0.293 e. The number of hydrogen-bond donors (Lipinski definition) is 1. The van der Waals surface area contributed by atoms with Gasteiger partial charge in [-0.25, -0.2) is 5.43 Å². The first-order valence-corrected chi connectivity index (χ1v) is 8.15. The van der Waals surface area contributed by atoms with Crippen molar-refractivity contribution in [1.29, 1.82) is 0 Å². The number of benzene rings is 2. The van der Waals surface area contributed by atoms with Gasteiger partial charge in [0.15, 0.2) is 0 Å². The summed E-state index contributed by atoms with van der Waals surface area (Å²) in [7, 11) is 0. The molecule has 2 aromatic carbocycles. The Kier molecular flexibility index (Phi) is 5.55. The highest BCUT2D eigenvalue weighted by molar-refractivity contribution is 5.96. The lowest BCUT2D eigenvalue weighted by atomic mass is 10.1. The molecular formula is C18H18N4O4. The number of ether oxygens (including phenoxy) is 1. The predicted octanol–water partition coefficient (Wildman–Crippen LogP) is 2.20. The standard InChI is InChI=1S/C18H18N4O4/c23-18(20-19-13-14-4-2-1-3-5-14)15-6-7-16(17(12-15)22(24)25)21-8-10-26-11-9-21/h1-7,12-13H,8-11H2,(H,20,23)/b19-13-. The first-order valence-electron chi connectivity index (χ1n) is 8.15. The van der Waals surface area contributed by atoms with E-state index in [1.54, 1.807) is 12.1 Å². The number of rotatable bonds is 5. The molecule has 0 radical (unpaired) electrons. The minimum Gasteiger partial charge on any atom is -0.378 e. The number of nitro groups is 1. The van der Waals surface area contributed by atoms with Crippen LogP contribution >= 0.6 is 0 Å². The van der Waals surface area contributed by atoms with Gasteiger partial charge in [0.25, 0.3) is 11.6 Å². The summed E-state index contributed by atoms with van der Waals surface area (Å²) in [5.41, 5.74) is 3.78. The van der Waals surface area contributed by atoms with E-state index in [2.05, 4.69) is 10.5 Å². The molecule has 0 atom stereocenters. The molecule has 3 rings (SSSR count). The Morgan fingerprint density at radius 1 is 1.19 bits per heavy atom. The van der Waals surface area contributed by atoms with Crippen LogP contribution in [0.5, 0.6) is 0 Å². The quantitative estimate of drug-likeness (QED) is 0.504. The van der Waals surface area contributed by atoms with Gasteiger partial charge in [0.05, 0.1) is 24.4 Å². The van der Waals surface area contributed by atoms with Gasteiger partial charge in [0.1, 0.15) is 5.69 Å². The zero-order valence-electron chi connectivity index (χ0n) is 14.0. The van der Waals surface area contributed by atoms with Gasteiger partial charge in [-0.15, -0.1) is 0 Å². The summed E-state index contributed by atoms with van der Waals surface area (Å²) in [6.07, 6.45) is 1.51. The van der Waals surface area contributed by atoms with Gasteiger partial charge in [-0.1, -0.05) is 30.3 Å². The molecule has 8 heteroatoms. The van der Waals surface area contributed by atoms with E-state index >= 15 is 0 Å². The van der Waals surface area contributed by atoms with Crippen molar-refractivity contribution >= 4 is 23.5 Å². The van der Waals surface area contributed by atoms with Crippen molar-refractivity contribution in [3.8, 4) is 0 Å². The number of anilines is 1. The fraction of sp³-hybridized carbons (Fsp3) is 0.222. The van der Waals surface area contributed by atoms with Crippen LogP contribution < -0.4 is 10.3 Å². The van der Waals surface area contributed by atoms with Gasteiger partial charge in [-0.2, -0.15) is 5.10 Å². The first-order chi connectivity index (χ1) is 12.6. The van der Waals surface area contributed by atoms with Crippen LogP contribution in [0.25, 0.3) is 0 Å². The van der Waals surface area contributed by atoms with Crippen molar-refractivity contribution < 1.29 is 14.5 Å². The molecule has 0 aromatic heterocycles. The third kappa shape index (κ3) is 4.22. The number of morpholine rings is 1. The Morgan fingerprint density at radius 2 is 1.92 bits per heavy atom. The van der Waals surface area contributed by atoms with Gasteiger partial charge in [-0.3, -0.25) is 14.9 Å². The maximum absolute atomic E-state index is 12.2. The molecule has 1 heterocycles. The molecular weight excluding hydrogens is 336 g/mol. The number of hydrazone groups is 1. The maximum Gasteiger partial charge on any atom is 0.293 e. The SMILES string of the molecule is O=C(N/N=C\c1ccccc1)c1ccc(N2CCOCC2)c([N+](=O)[O-])c1. The second-order valence-corrected chi connectivity index (χ2v) is 5.67. The molecule has 0 unspecified atom stereocenters. The van der Waals surface area contributed by atoms with E-state index in [4.69, 9.17) is 4.74 Å². The third-order valence-corrected chi connectivity index (χ3v) is 3.97. The van der Waals surface area contributed by atoms with Crippen molar-refractivity contribution in [2.24, 2.45) is 5.10 Å². The van der Waals surface area contributed by atoms with Gasteiger partial charge in [0.2, 0.25) is 0 Å². The van der Waals surface area contributed by atoms with E-state index < -0.39 is 10.8 Å². The monoisotopic (exact) mass is 354 g/mol. The van der Waals surface area contributed by atoms with E-state index in [1.165, 1.54) is 12.3 Å². The van der Waals surface area contributed by atoms with Crippen molar-refractivity contribution in [3.63, 3.8) is 0 Å². The number of carbonyl (C=O) groups excluding carboxylic acids is 1. The second kappa shape index (κ2) is 8.21. The number of carbonyl (C=O) groups is 1. The fourth-order valence-corrected chi connectivity index (χ4v) is 2.65. The Hall–Kier alpha value is -3.26.